The Labute approximate surface area is 195 Å². The third-order valence-electron chi connectivity index (χ3n) is 6.18. The number of piperidine rings is 1. The summed E-state index contributed by atoms with van der Waals surface area (Å²) in [6.45, 7) is 2.68. The van der Waals surface area contributed by atoms with Crippen molar-refractivity contribution in [2.75, 3.05) is 33.3 Å². The van der Waals surface area contributed by atoms with Crippen LogP contribution in [0.25, 0.3) is 0 Å². The Morgan fingerprint density at radius 2 is 1.88 bits per heavy atom. The van der Waals surface area contributed by atoms with Gasteiger partial charge in [-0.1, -0.05) is 18.9 Å². The molecule has 2 aliphatic rings. The molecule has 1 heterocycles. The first kappa shape index (κ1) is 25.2. The third-order valence-corrected chi connectivity index (χ3v) is 7.70. The first-order valence-electron chi connectivity index (χ1n) is 11.5. The summed E-state index contributed by atoms with van der Waals surface area (Å²) in [5.74, 6) is -1.35. The van der Waals surface area contributed by atoms with Crippen molar-refractivity contribution < 1.29 is 27.5 Å². The summed E-state index contributed by atoms with van der Waals surface area (Å²) in [5, 5.41) is 0. The van der Waals surface area contributed by atoms with Gasteiger partial charge in [-0.15, -0.1) is 0 Å². The number of esters is 1. The maximum Gasteiger partial charge on any atom is 0.310 e. The lowest BCUT2D eigenvalue weighted by Crippen LogP contribution is -2.47. The van der Waals surface area contributed by atoms with Gasteiger partial charge in [0.25, 0.3) is 5.91 Å². The molecule has 1 unspecified atom stereocenters. The monoisotopic (exact) mass is 479 g/mol. The fourth-order valence-electron chi connectivity index (χ4n) is 4.38. The van der Waals surface area contributed by atoms with Gasteiger partial charge in [0.2, 0.25) is 15.9 Å². The number of ether oxygens (including phenoxy) is 1. The Morgan fingerprint density at radius 1 is 1.15 bits per heavy atom. The number of likely N-dealkylation sites (N-methyl/N-ethyl adjacent to an activating group) is 1. The van der Waals surface area contributed by atoms with E-state index in [1.807, 2.05) is 0 Å². The van der Waals surface area contributed by atoms with E-state index in [9.17, 15) is 22.8 Å². The molecular formula is C23H33N3O6S. The molecule has 1 aliphatic carbocycles. The van der Waals surface area contributed by atoms with Crippen LogP contribution in [0.4, 0.5) is 0 Å². The lowest BCUT2D eigenvalue weighted by Gasteiger charge is -2.32. The van der Waals surface area contributed by atoms with E-state index in [0.717, 1.165) is 25.7 Å². The minimum Gasteiger partial charge on any atom is -0.466 e. The minimum absolute atomic E-state index is 0.0354. The number of hydrogen-bond acceptors (Lipinski definition) is 6. The van der Waals surface area contributed by atoms with Gasteiger partial charge in [-0.2, -0.15) is 0 Å². The van der Waals surface area contributed by atoms with Crippen LogP contribution in [0, 0.1) is 5.92 Å². The van der Waals surface area contributed by atoms with Gasteiger partial charge in [0, 0.05) is 31.7 Å². The van der Waals surface area contributed by atoms with E-state index in [2.05, 4.69) is 4.72 Å². The van der Waals surface area contributed by atoms with E-state index in [4.69, 9.17) is 4.74 Å². The van der Waals surface area contributed by atoms with Crippen molar-refractivity contribution >= 4 is 27.8 Å². The Balaban J connectivity index is 1.62. The number of nitrogens with one attached hydrogen (secondary N) is 1. The highest BCUT2D eigenvalue weighted by Crippen LogP contribution is 2.21. The summed E-state index contributed by atoms with van der Waals surface area (Å²) in [6.07, 6.45) is 5.00. The number of nitrogens with zero attached hydrogens (tertiary/aromatic N) is 2. The van der Waals surface area contributed by atoms with Gasteiger partial charge in [0.15, 0.2) is 0 Å². The summed E-state index contributed by atoms with van der Waals surface area (Å²) in [4.78, 5) is 40.6. The SMILES string of the molecule is CCOC(=O)C1CCCN(C(=O)CN(C)C(=O)c2cccc(S(=O)(=O)NC3CCCC3)c2)C1. The molecule has 9 nitrogen and oxygen atoms in total. The molecule has 1 atom stereocenters. The topological polar surface area (TPSA) is 113 Å². The molecule has 1 aromatic rings. The van der Waals surface area contributed by atoms with Crippen molar-refractivity contribution in [3.05, 3.63) is 29.8 Å². The van der Waals surface area contributed by atoms with Gasteiger partial charge >= 0.3 is 5.97 Å². The summed E-state index contributed by atoms with van der Waals surface area (Å²) >= 11 is 0. The predicted molar refractivity (Wildman–Crippen MR) is 122 cm³/mol. The lowest BCUT2D eigenvalue weighted by atomic mass is 9.98. The molecule has 0 bridgehead atoms. The second kappa shape index (κ2) is 11.1. The number of likely N-dealkylation sites (tertiary alicyclic amines) is 1. The first-order chi connectivity index (χ1) is 15.7. The number of benzene rings is 1. The van der Waals surface area contributed by atoms with E-state index in [1.165, 1.54) is 36.2 Å². The van der Waals surface area contributed by atoms with Crippen molar-refractivity contribution in [1.29, 1.82) is 0 Å². The zero-order chi connectivity index (χ0) is 24.0. The van der Waals surface area contributed by atoms with E-state index < -0.39 is 15.9 Å². The van der Waals surface area contributed by atoms with Gasteiger partial charge in [0.05, 0.1) is 24.0 Å². The predicted octanol–water partition coefficient (Wildman–Crippen LogP) is 1.78. The Morgan fingerprint density at radius 3 is 2.58 bits per heavy atom. The quantitative estimate of drug-likeness (QED) is 0.569. The fraction of sp³-hybridized carbons (Fsp3) is 0.609. The molecule has 3 rings (SSSR count). The van der Waals surface area contributed by atoms with Crippen molar-refractivity contribution in [3.63, 3.8) is 0 Å². The molecule has 1 saturated carbocycles. The molecule has 0 radical (unpaired) electrons. The zero-order valence-electron chi connectivity index (χ0n) is 19.3. The van der Waals surface area contributed by atoms with Gasteiger partial charge in [-0.3, -0.25) is 14.4 Å². The summed E-state index contributed by atoms with van der Waals surface area (Å²) in [5.41, 5.74) is 0.197. The van der Waals surface area contributed by atoms with E-state index in [-0.39, 0.29) is 47.4 Å². The van der Waals surface area contributed by atoms with Crippen LogP contribution >= 0.6 is 0 Å². The number of hydrogen-bond donors (Lipinski definition) is 1. The van der Waals surface area contributed by atoms with Crippen molar-refractivity contribution in [2.24, 2.45) is 5.92 Å². The molecule has 0 spiro atoms. The third kappa shape index (κ3) is 6.54. The van der Waals surface area contributed by atoms with Crippen LogP contribution in [-0.2, 0) is 24.3 Å². The summed E-state index contributed by atoms with van der Waals surface area (Å²) < 4.78 is 33.2. The molecule has 1 aliphatic heterocycles. The van der Waals surface area contributed by atoms with E-state index in [1.54, 1.807) is 11.8 Å². The fourth-order valence-corrected chi connectivity index (χ4v) is 5.73. The van der Waals surface area contributed by atoms with Gasteiger partial charge < -0.3 is 14.5 Å². The van der Waals surface area contributed by atoms with Crippen LogP contribution in [0.2, 0.25) is 0 Å². The zero-order valence-corrected chi connectivity index (χ0v) is 20.1. The first-order valence-corrected chi connectivity index (χ1v) is 13.0. The average molecular weight is 480 g/mol. The normalized spacial score (nSPS) is 19.3. The Kier molecular flexibility index (Phi) is 8.47. The van der Waals surface area contributed by atoms with Crippen molar-refractivity contribution in [3.8, 4) is 0 Å². The molecule has 1 saturated heterocycles. The molecule has 1 N–H and O–H groups in total. The highest BCUT2D eigenvalue weighted by atomic mass is 32.2. The second-order valence-corrected chi connectivity index (χ2v) is 10.4. The van der Waals surface area contributed by atoms with E-state index in [0.29, 0.717) is 26.0 Å². The molecule has 182 valence electrons. The van der Waals surface area contributed by atoms with Crippen molar-refractivity contribution in [1.82, 2.24) is 14.5 Å². The standard InChI is InChI=1S/C23H33N3O6S/c1-3-32-23(29)18-9-7-13-26(15-18)21(27)16-25(2)22(28)17-8-6-12-20(14-17)33(30,31)24-19-10-4-5-11-19/h6,8,12,14,18-19,24H,3-5,7,9-11,13,15-16H2,1-2H3. The van der Waals surface area contributed by atoms with Crippen LogP contribution < -0.4 is 4.72 Å². The van der Waals surface area contributed by atoms with Crippen molar-refractivity contribution in [2.45, 2.75) is 56.4 Å². The number of amides is 2. The maximum atomic E-state index is 12.9. The lowest BCUT2D eigenvalue weighted by molar-refractivity contribution is -0.151. The molecule has 1 aromatic carbocycles. The molecule has 0 aromatic heterocycles. The number of sulfonamides is 1. The number of carbonyl (C=O) groups is 3. The maximum absolute atomic E-state index is 12.9. The summed E-state index contributed by atoms with van der Waals surface area (Å²) in [6, 6.07) is 5.80. The van der Waals surface area contributed by atoms with E-state index >= 15 is 0 Å². The van der Waals surface area contributed by atoms with Crippen LogP contribution in [0.15, 0.2) is 29.2 Å². The molecule has 33 heavy (non-hydrogen) atoms. The summed E-state index contributed by atoms with van der Waals surface area (Å²) in [7, 11) is -2.22. The van der Waals surface area contributed by atoms with Gasteiger partial charge in [-0.25, -0.2) is 13.1 Å². The highest BCUT2D eigenvalue weighted by Gasteiger charge is 2.30. The van der Waals surface area contributed by atoms with Crippen LogP contribution in [-0.4, -0.2) is 75.3 Å². The molecule has 2 amide bonds. The van der Waals surface area contributed by atoms with Crippen LogP contribution in [0.1, 0.15) is 55.8 Å². The van der Waals surface area contributed by atoms with Gasteiger partial charge in [0.1, 0.15) is 0 Å². The molecular weight excluding hydrogens is 446 g/mol. The average Bonchev–Trinajstić information content (AvgIpc) is 3.31. The van der Waals surface area contributed by atoms with Crippen LogP contribution in [0.3, 0.4) is 0 Å². The number of carbonyl (C=O) groups excluding carboxylic acids is 3. The minimum atomic E-state index is -3.72. The Bertz CT molecular complexity index is 974. The second-order valence-electron chi connectivity index (χ2n) is 8.72. The highest BCUT2D eigenvalue weighted by molar-refractivity contribution is 7.89. The Hall–Kier alpha value is -2.46. The smallest absolute Gasteiger partial charge is 0.310 e. The largest absolute Gasteiger partial charge is 0.466 e. The number of rotatable bonds is 8. The molecule has 2 fully saturated rings. The van der Waals surface area contributed by atoms with Gasteiger partial charge in [-0.05, 0) is 50.8 Å². The van der Waals surface area contributed by atoms with Crippen LogP contribution in [0.5, 0.6) is 0 Å². The molecule has 10 heteroatoms.